The van der Waals surface area contributed by atoms with Crippen molar-refractivity contribution < 1.29 is 0 Å². The molecule has 0 N–H and O–H groups in total. The molecular formula is C34H30. The summed E-state index contributed by atoms with van der Waals surface area (Å²) in [6, 6.07) is 32.0. The van der Waals surface area contributed by atoms with E-state index in [1.165, 1.54) is 54.9 Å². The Morgan fingerprint density at radius 2 is 1.18 bits per heavy atom. The number of rotatable bonds is 0. The third kappa shape index (κ3) is 2.44. The number of hydrogen-bond acceptors (Lipinski definition) is 0. The largest absolute Gasteiger partial charge is 0.0619 e. The molecule has 0 amide bonds. The van der Waals surface area contributed by atoms with Crippen LogP contribution in [0.4, 0.5) is 0 Å². The van der Waals surface area contributed by atoms with Crippen molar-refractivity contribution in [2.45, 2.75) is 45.4 Å². The fourth-order valence-corrected chi connectivity index (χ4v) is 7.17. The van der Waals surface area contributed by atoms with Gasteiger partial charge in [0.2, 0.25) is 0 Å². The maximum Gasteiger partial charge on any atom is 0.0168 e. The van der Waals surface area contributed by atoms with Crippen LogP contribution in [0.1, 0.15) is 55.9 Å². The van der Waals surface area contributed by atoms with Crippen molar-refractivity contribution >= 4 is 21.5 Å². The van der Waals surface area contributed by atoms with Gasteiger partial charge < -0.3 is 0 Å². The summed E-state index contributed by atoms with van der Waals surface area (Å²) in [6.45, 7) is 9.78. The Labute approximate surface area is 202 Å². The normalized spacial score (nSPS) is 19.9. The van der Waals surface area contributed by atoms with Gasteiger partial charge in [0.1, 0.15) is 0 Å². The van der Waals surface area contributed by atoms with Crippen LogP contribution in [-0.2, 0) is 11.8 Å². The summed E-state index contributed by atoms with van der Waals surface area (Å²) >= 11 is 0. The summed E-state index contributed by atoms with van der Waals surface area (Å²) in [7, 11) is 0. The van der Waals surface area contributed by atoms with Gasteiger partial charge in [-0.1, -0.05) is 113 Å². The molecule has 0 bridgehead atoms. The second-order valence-corrected chi connectivity index (χ2v) is 11.0. The summed E-state index contributed by atoms with van der Waals surface area (Å²) in [5.74, 6) is 1.15. The van der Waals surface area contributed by atoms with Crippen LogP contribution in [0.2, 0.25) is 0 Å². The molecule has 0 heteroatoms. The zero-order valence-corrected chi connectivity index (χ0v) is 20.4. The first kappa shape index (κ1) is 20.0. The Morgan fingerprint density at radius 3 is 1.94 bits per heavy atom. The predicted molar refractivity (Wildman–Crippen MR) is 146 cm³/mol. The predicted octanol–water partition coefficient (Wildman–Crippen LogP) is 9.26. The van der Waals surface area contributed by atoms with Crippen molar-refractivity contribution in [2.24, 2.45) is 5.92 Å². The lowest BCUT2D eigenvalue weighted by atomic mass is 9.75. The number of fused-ring (bicyclic) bond motifs is 12. The van der Waals surface area contributed by atoms with Gasteiger partial charge in [0.25, 0.3) is 0 Å². The highest BCUT2D eigenvalue weighted by Crippen LogP contribution is 2.57. The standard InChI is InChI=1S/C34H30/c1-20-19-30-26(23-12-6-5-11-22(23)21(20)2)17-18-29-31-27-15-9-7-13-24(27)25-14-8-10-16-28(25)33(31)34(3,4)32(29)30/h5-18,20-21H,19H2,1-4H3/t20-,21?/m1/s1. The molecule has 0 saturated carbocycles. The van der Waals surface area contributed by atoms with Crippen molar-refractivity contribution in [3.05, 3.63) is 107 Å². The third-order valence-corrected chi connectivity index (χ3v) is 8.89. The molecule has 0 aromatic heterocycles. The average Bonchev–Trinajstić information content (AvgIpc) is 3.05. The molecule has 0 fully saturated rings. The van der Waals surface area contributed by atoms with Crippen molar-refractivity contribution in [1.29, 1.82) is 0 Å². The summed E-state index contributed by atoms with van der Waals surface area (Å²) in [5, 5.41) is 5.53. The Balaban J connectivity index is 1.64. The highest BCUT2D eigenvalue weighted by Gasteiger charge is 2.42. The summed E-state index contributed by atoms with van der Waals surface area (Å²) in [5.41, 5.74) is 11.8. The van der Waals surface area contributed by atoms with Gasteiger partial charge in [-0.2, -0.15) is 0 Å². The van der Waals surface area contributed by atoms with Crippen molar-refractivity contribution in [1.82, 2.24) is 0 Å². The molecule has 0 nitrogen and oxygen atoms in total. The highest BCUT2D eigenvalue weighted by molar-refractivity contribution is 6.18. The van der Waals surface area contributed by atoms with Gasteiger partial charge in [-0.25, -0.2) is 0 Å². The van der Waals surface area contributed by atoms with Gasteiger partial charge in [0.15, 0.2) is 0 Å². The zero-order valence-electron chi connectivity index (χ0n) is 20.4. The quantitative estimate of drug-likeness (QED) is 0.211. The lowest BCUT2D eigenvalue weighted by molar-refractivity contribution is 0.486. The summed E-state index contributed by atoms with van der Waals surface area (Å²) < 4.78 is 0. The first-order chi connectivity index (χ1) is 16.5. The minimum Gasteiger partial charge on any atom is -0.0619 e. The van der Waals surface area contributed by atoms with E-state index in [-0.39, 0.29) is 5.41 Å². The molecule has 1 unspecified atom stereocenters. The van der Waals surface area contributed by atoms with Crippen LogP contribution in [0.3, 0.4) is 0 Å². The van der Waals surface area contributed by atoms with Crippen molar-refractivity contribution in [3.63, 3.8) is 0 Å². The molecule has 5 aromatic rings. The van der Waals surface area contributed by atoms with E-state index in [0.29, 0.717) is 11.8 Å². The molecule has 0 heterocycles. The molecule has 166 valence electrons. The molecule has 0 spiro atoms. The number of benzene rings is 5. The summed E-state index contributed by atoms with van der Waals surface area (Å²) in [6.07, 6.45) is 1.13. The molecule has 0 radical (unpaired) electrons. The van der Waals surface area contributed by atoms with Crippen LogP contribution in [0.15, 0.2) is 84.9 Å². The maximum atomic E-state index is 2.46. The van der Waals surface area contributed by atoms with Crippen LogP contribution < -0.4 is 0 Å². The second kappa shape index (κ2) is 6.83. The minimum absolute atomic E-state index is 0.0537. The van der Waals surface area contributed by atoms with E-state index in [1.54, 1.807) is 11.1 Å². The molecule has 0 aliphatic heterocycles. The molecule has 34 heavy (non-hydrogen) atoms. The third-order valence-electron chi connectivity index (χ3n) is 8.89. The van der Waals surface area contributed by atoms with Crippen LogP contribution in [0, 0.1) is 5.92 Å². The van der Waals surface area contributed by atoms with Gasteiger partial charge in [-0.15, -0.1) is 0 Å². The lowest BCUT2D eigenvalue weighted by Gasteiger charge is -2.28. The molecule has 0 saturated heterocycles. The van der Waals surface area contributed by atoms with Gasteiger partial charge in [-0.3, -0.25) is 0 Å². The molecule has 2 aliphatic carbocycles. The van der Waals surface area contributed by atoms with E-state index in [9.17, 15) is 0 Å². The maximum absolute atomic E-state index is 2.46. The number of hydrogen-bond donors (Lipinski definition) is 0. The SMILES string of the molecule is CC1c2ccccc2-c2ccc3c(c2C[C@H]1C)C(C)(C)c1c-3c2ccccc2c2ccccc12. The molecule has 7 rings (SSSR count). The smallest absolute Gasteiger partial charge is 0.0168 e. The van der Waals surface area contributed by atoms with Crippen molar-refractivity contribution in [2.75, 3.05) is 0 Å². The van der Waals surface area contributed by atoms with Gasteiger partial charge in [0, 0.05) is 5.41 Å². The monoisotopic (exact) mass is 438 g/mol. The first-order valence-electron chi connectivity index (χ1n) is 12.7. The van der Waals surface area contributed by atoms with Crippen LogP contribution in [-0.4, -0.2) is 0 Å². The molecule has 5 aromatic carbocycles. The van der Waals surface area contributed by atoms with Gasteiger partial charge in [-0.05, 0) is 84.3 Å². The average molecular weight is 439 g/mol. The fourth-order valence-electron chi connectivity index (χ4n) is 7.17. The second-order valence-electron chi connectivity index (χ2n) is 11.0. The van der Waals surface area contributed by atoms with E-state index in [2.05, 4.69) is 113 Å². The van der Waals surface area contributed by atoms with Gasteiger partial charge >= 0.3 is 0 Å². The molecular weight excluding hydrogens is 408 g/mol. The van der Waals surface area contributed by atoms with Gasteiger partial charge in [0.05, 0.1) is 0 Å². The Hall–Kier alpha value is -3.38. The highest BCUT2D eigenvalue weighted by atomic mass is 14.4. The van der Waals surface area contributed by atoms with E-state index in [4.69, 9.17) is 0 Å². The van der Waals surface area contributed by atoms with E-state index in [1.807, 2.05) is 0 Å². The minimum atomic E-state index is -0.0537. The van der Waals surface area contributed by atoms with E-state index in [0.717, 1.165) is 6.42 Å². The molecule has 2 atom stereocenters. The molecule has 2 aliphatic rings. The van der Waals surface area contributed by atoms with E-state index >= 15 is 0 Å². The lowest BCUT2D eigenvalue weighted by Crippen LogP contribution is -2.19. The Kier molecular flexibility index (Phi) is 4.02. The first-order valence-corrected chi connectivity index (χ1v) is 12.7. The Morgan fingerprint density at radius 1 is 0.588 bits per heavy atom. The van der Waals surface area contributed by atoms with Crippen molar-refractivity contribution in [3.8, 4) is 22.3 Å². The van der Waals surface area contributed by atoms with Crippen LogP contribution >= 0.6 is 0 Å². The Bertz CT molecular complexity index is 1630. The van der Waals surface area contributed by atoms with Crippen LogP contribution in [0.5, 0.6) is 0 Å². The van der Waals surface area contributed by atoms with E-state index < -0.39 is 0 Å². The topological polar surface area (TPSA) is 0 Å². The fraction of sp³-hybridized carbons (Fsp3) is 0.235. The van der Waals surface area contributed by atoms with Crippen LogP contribution in [0.25, 0.3) is 43.8 Å². The summed E-state index contributed by atoms with van der Waals surface area (Å²) in [4.78, 5) is 0. The zero-order chi connectivity index (χ0) is 23.2.